The van der Waals surface area contributed by atoms with Gasteiger partial charge in [0, 0.05) is 28.8 Å². The fourth-order valence-electron chi connectivity index (χ4n) is 2.90. The topological polar surface area (TPSA) is 45.0 Å². The zero-order chi connectivity index (χ0) is 11.8. The summed E-state index contributed by atoms with van der Waals surface area (Å²) in [6.45, 7) is 1.19. The molecule has 90 valence electrons. The molecule has 2 heterocycles. The zero-order valence-corrected chi connectivity index (χ0v) is 10.2. The number of piperidine rings is 1. The lowest BCUT2D eigenvalue weighted by Gasteiger charge is -2.32. The maximum Gasteiger partial charge on any atom is 0.0458 e. The van der Waals surface area contributed by atoms with Crippen molar-refractivity contribution in [3.05, 3.63) is 30.0 Å². The molecule has 1 aromatic heterocycles. The number of hydrogen-bond acceptors (Lipinski definition) is 2. The molecule has 3 rings (SSSR count). The van der Waals surface area contributed by atoms with Crippen molar-refractivity contribution in [2.24, 2.45) is 0 Å². The van der Waals surface area contributed by atoms with Crippen LogP contribution in [0.4, 0.5) is 5.69 Å². The van der Waals surface area contributed by atoms with E-state index in [0.29, 0.717) is 6.04 Å². The molecule has 17 heavy (non-hydrogen) atoms. The zero-order valence-electron chi connectivity index (χ0n) is 10.2. The molecular weight excluding hydrogens is 210 g/mol. The second-order valence-electron chi connectivity index (χ2n) is 5.04. The minimum absolute atomic E-state index is 0.541. The van der Waals surface area contributed by atoms with Gasteiger partial charge in [-0.25, -0.2) is 0 Å². The van der Waals surface area contributed by atoms with Crippen LogP contribution in [0, 0.1) is 0 Å². The number of nitrogen functional groups attached to an aromatic ring is 1. The Morgan fingerprint density at radius 2 is 2.24 bits per heavy atom. The number of aromatic nitrogens is 1. The van der Waals surface area contributed by atoms with Gasteiger partial charge in [-0.15, -0.1) is 0 Å². The first-order valence-corrected chi connectivity index (χ1v) is 6.32. The van der Waals surface area contributed by atoms with E-state index in [-0.39, 0.29) is 0 Å². The lowest BCUT2D eigenvalue weighted by Crippen LogP contribution is -2.29. The summed E-state index contributed by atoms with van der Waals surface area (Å²) in [5.41, 5.74) is 9.32. The Morgan fingerprint density at radius 1 is 1.35 bits per heavy atom. The largest absolute Gasteiger partial charge is 0.399 e. The summed E-state index contributed by atoms with van der Waals surface area (Å²) >= 11 is 0. The van der Waals surface area contributed by atoms with Crippen LogP contribution in [-0.2, 0) is 0 Å². The highest BCUT2D eigenvalue weighted by Crippen LogP contribution is 2.34. The number of anilines is 1. The number of likely N-dealkylation sites (tertiary alicyclic amines) is 1. The highest BCUT2D eigenvalue weighted by atomic mass is 15.1. The number of hydrogen-bond donors (Lipinski definition) is 2. The van der Waals surface area contributed by atoms with Crippen molar-refractivity contribution in [2.45, 2.75) is 25.3 Å². The maximum atomic E-state index is 5.89. The molecule has 1 saturated heterocycles. The monoisotopic (exact) mass is 229 g/mol. The van der Waals surface area contributed by atoms with Gasteiger partial charge in [-0.1, -0.05) is 6.42 Å². The van der Waals surface area contributed by atoms with Gasteiger partial charge in [0.05, 0.1) is 0 Å². The number of aromatic amines is 1. The van der Waals surface area contributed by atoms with Crippen LogP contribution < -0.4 is 5.73 Å². The Hall–Kier alpha value is -1.48. The average Bonchev–Trinajstić information content (AvgIpc) is 2.72. The van der Waals surface area contributed by atoms with Crippen molar-refractivity contribution in [2.75, 3.05) is 19.3 Å². The van der Waals surface area contributed by atoms with Crippen LogP contribution in [0.25, 0.3) is 10.9 Å². The van der Waals surface area contributed by atoms with Crippen molar-refractivity contribution >= 4 is 16.6 Å². The van der Waals surface area contributed by atoms with E-state index >= 15 is 0 Å². The van der Waals surface area contributed by atoms with Crippen LogP contribution >= 0.6 is 0 Å². The Labute approximate surface area is 102 Å². The van der Waals surface area contributed by atoms with Gasteiger partial charge < -0.3 is 10.7 Å². The van der Waals surface area contributed by atoms with E-state index < -0.39 is 0 Å². The molecule has 0 radical (unpaired) electrons. The molecule has 3 heteroatoms. The van der Waals surface area contributed by atoms with Crippen LogP contribution in [0.15, 0.2) is 24.4 Å². The fourth-order valence-corrected chi connectivity index (χ4v) is 2.90. The molecular formula is C14H19N3. The number of nitrogens with one attached hydrogen (secondary N) is 1. The quantitative estimate of drug-likeness (QED) is 0.738. The highest BCUT2D eigenvalue weighted by Gasteiger charge is 2.22. The van der Waals surface area contributed by atoms with Crippen LogP contribution in [0.1, 0.15) is 30.9 Å². The van der Waals surface area contributed by atoms with E-state index in [2.05, 4.69) is 35.3 Å². The van der Waals surface area contributed by atoms with Gasteiger partial charge >= 0.3 is 0 Å². The minimum atomic E-state index is 0.541. The molecule has 0 spiro atoms. The van der Waals surface area contributed by atoms with Crippen molar-refractivity contribution in [3.8, 4) is 0 Å². The number of H-pyrrole nitrogens is 1. The van der Waals surface area contributed by atoms with Gasteiger partial charge in [-0.3, -0.25) is 4.90 Å². The number of nitrogens with two attached hydrogens (primary N) is 1. The van der Waals surface area contributed by atoms with E-state index in [1.54, 1.807) is 0 Å². The predicted molar refractivity (Wildman–Crippen MR) is 71.9 cm³/mol. The van der Waals surface area contributed by atoms with Crippen LogP contribution in [-0.4, -0.2) is 23.5 Å². The summed E-state index contributed by atoms with van der Waals surface area (Å²) in [6, 6.07) is 6.65. The van der Waals surface area contributed by atoms with E-state index in [1.807, 2.05) is 6.07 Å². The molecule has 0 bridgehead atoms. The van der Waals surface area contributed by atoms with Gasteiger partial charge in [0.15, 0.2) is 0 Å². The molecule has 0 aliphatic carbocycles. The molecule has 0 saturated carbocycles. The van der Waals surface area contributed by atoms with Crippen LogP contribution in [0.3, 0.4) is 0 Å². The Morgan fingerprint density at radius 3 is 3.06 bits per heavy atom. The molecule has 1 unspecified atom stereocenters. The van der Waals surface area contributed by atoms with Gasteiger partial charge in [-0.2, -0.15) is 0 Å². The summed E-state index contributed by atoms with van der Waals surface area (Å²) in [6.07, 6.45) is 6.04. The lowest BCUT2D eigenvalue weighted by molar-refractivity contribution is 0.188. The second kappa shape index (κ2) is 4.08. The van der Waals surface area contributed by atoms with Crippen LogP contribution in [0.5, 0.6) is 0 Å². The molecule has 1 fully saturated rings. The summed E-state index contributed by atoms with van der Waals surface area (Å²) in [7, 11) is 2.22. The smallest absolute Gasteiger partial charge is 0.0458 e. The normalized spacial score (nSPS) is 22.1. The third-order valence-electron chi connectivity index (χ3n) is 3.87. The van der Waals surface area contributed by atoms with Crippen molar-refractivity contribution < 1.29 is 0 Å². The first-order chi connectivity index (χ1) is 8.25. The average molecular weight is 229 g/mol. The SMILES string of the molecule is CN1CCCCC1c1c[nH]c2ccc(N)cc12. The number of benzene rings is 1. The van der Waals surface area contributed by atoms with Gasteiger partial charge in [-0.05, 0) is 50.2 Å². The van der Waals surface area contributed by atoms with E-state index in [9.17, 15) is 0 Å². The first-order valence-electron chi connectivity index (χ1n) is 6.32. The minimum Gasteiger partial charge on any atom is -0.399 e. The summed E-state index contributed by atoms with van der Waals surface area (Å²) in [5, 5.41) is 1.28. The van der Waals surface area contributed by atoms with Crippen molar-refractivity contribution in [1.82, 2.24) is 9.88 Å². The number of nitrogens with zero attached hydrogens (tertiary/aromatic N) is 1. The molecule has 0 amide bonds. The van der Waals surface area contributed by atoms with Gasteiger partial charge in [0.2, 0.25) is 0 Å². The summed E-state index contributed by atoms with van der Waals surface area (Å²) in [5.74, 6) is 0. The van der Waals surface area contributed by atoms with Crippen molar-refractivity contribution in [3.63, 3.8) is 0 Å². The van der Waals surface area contributed by atoms with E-state index in [1.165, 1.54) is 42.3 Å². The van der Waals surface area contributed by atoms with Crippen molar-refractivity contribution in [1.29, 1.82) is 0 Å². The van der Waals surface area contributed by atoms with Crippen LogP contribution in [0.2, 0.25) is 0 Å². The first kappa shape index (κ1) is 10.7. The number of fused-ring (bicyclic) bond motifs is 1. The lowest BCUT2D eigenvalue weighted by atomic mass is 9.95. The molecule has 1 aliphatic heterocycles. The summed E-state index contributed by atoms with van der Waals surface area (Å²) < 4.78 is 0. The number of rotatable bonds is 1. The standard InChI is InChI=1S/C14H19N3/c1-17-7-3-2-4-14(17)12-9-16-13-6-5-10(15)8-11(12)13/h5-6,8-9,14,16H,2-4,7,15H2,1H3. The fraction of sp³-hybridized carbons (Fsp3) is 0.429. The predicted octanol–water partition coefficient (Wildman–Crippen LogP) is 2.91. The highest BCUT2D eigenvalue weighted by molar-refractivity contribution is 5.86. The second-order valence-corrected chi connectivity index (χ2v) is 5.04. The molecule has 2 aromatic rings. The molecule has 3 N–H and O–H groups in total. The third kappa shape index (κ3) is 1.80. The van der Waals surface area contributed by atoms with Gasteiger partial charge in [0.1, 0.15) is 0 Å². The molecule has 1 atom stereocenters. The molecule has 1 aromatic carbocycles. The van der Waals surface area contributed by atoms with E-state index in [4.69, 9.17) is 5.73 Å². The van der Waals surface area contributed by atoms with Gasteiger partial charge in [0.25, 0.3) is 0 Å². The molecule has 3 nitrogen and oxygen atoms in total. The van der Waals surface area contributed by atoms with E-state index in [0.717, 1.165) is 5.69 Å². The Balaban J connectivity index is 2.07. The Kier molecular flexibility index (Phi) is 2.56. The summed E-state index contributed by atoms with van der Waals surface area (Å²) in [4.78, 5) is 5.80. The molecule has 1 aliphatic rings. The third-order valence-corrected chi connectivity index (χ3v) is 3.87. The Bertz CT molecular complexity index is 529. The maximum absolute atomic E-state index is 5.89.